The lowest BCUT2D eigenvalue weighted by molar-refractivity contribution is -0.122. The molecule has 0 saturated carbocycles. The number of carbonyl (C=O) groups excluding carboxylic acids is 2. The highest BCUT2D eigenvalue weighted by Gasteiger charge is 2.17. The maximum atomic E-state index is 13.2. The Labute approximate surface area is 138 Å². The standard InChI is InChI=1S/C17H19FN2O2S/c1-11-8-13(5-6-14(11)18)10-19-17(22)9-15(20-12(2)21)16-4-3-7-23-16/h3-8,15H,9-10H2,1-2H3,(H,19,22)(H,20,21). The number of benzene rings is 1. The third kappa shape index (κ3) is 5.17. The molecule has 0 aliphatic carbocycles. The Balaban J connectivity index is 1.93. The van der Waals surface area contributed by atoms with Gasteiger partial charge in [-0.25, -0.2) is 4.39 Å². The summed E-state index contributed by atoms with van der Waals surface area (Å²) in [7, 11) is 0. The average Bonchev–Trinajstić information content (AvgIpc) is 3.01. The number of hydrogen-bond donors (Lipinski definition) is 2. The fraction of sp³-hybridized carbons (Fsp3) is 0.294. The molecular formula is C17H19FN2O2S. The first kappa shape index (κ1) is 17.1. The van der Waals surface area contributed by atoms with Crippen molar-refractivity contribution in [3.63, 3.8) is 0 Å². The summed E-state index contributed by atoms with van der Waals surface area (Å²) in [6, 6.07) is 8.19. The molecule has 4 nitrogen and oxygen atoms in total. The van der Waals surface area contributed by atoms with E-state index >= 15 is 0 Å². The van der Waals surface area contributed by atoms with Crippen LogP contribution in [0.1, 0.15) is 35.4 Å². The van der Waals surface area contributed by atoms with Gasteiger partial charge in [-0.05, 0) is 35.6 Å². The van der Waals surface area contributed by atoms with Crippen LogP contribution in [0.15, 0.2) is 35.7 Å². The van der Waals surface area contributed by atoms with Crippen molar-refractivity contribution < 1.29 is 14.0 Å². The number of aryl methyl sites for hydroxylation is 1. The van der Waals surface area contributed by atoms with E-state index in [0.717, 1.165) is 10.4 Å². The summed E-state index contributed by atoms with van der Waals surface area (Å²) in [5.41, 5.74) is 1.39. The van der Waals surface area contributed by atoms with Crippen LogP contribution in [0.25, 0.3) is 0 Å². The Morgan fingerprint density at radius 2 is 2.09 bits per heavy atom. The highest BCUT2D eigenvalue weighted by atomic mass is 32.1. The Bertz CT molecular complexity index is 686. The molecule has 6 heteroatoms. The smallest absolute Gasteiger partial charge is 0.222 e. The molecule has 1 aromatic heterocycles. The van der Waals surface area contributed by atoms with Crippen molar-refractivity contribution in [2.24, 2.45) is 0 Å². The van der Waals surface area contributed by atoms with Crippen molar-refractivity contribution in [3.8, 4) is 0 Å². The summed E-state index contributed by atoms with van der Waals surface area (Å²) in [5.74, 6) is -0.604. The quantitative estimate of drug-likeness (QED) is 0.853. The normalized spacial score (nSPS) is 11.8. The van der Waals surface area contributed by atoms with Gasteiger partial charge >= 0.3 is 0 Å². The van der Waals surface area contributed by atoms with Crippen molar-refractivity contribution in [1.29, 1.82) is 0 Å². The van der Waals surface area contributed by atoms with E-state index < -0.39 is 0 Å². The number of rotatable bonds is 6. The summed E-state index contributed by atoms with van der Waals surface area (Å²) < 4.78 is 13.2. The molecule has 2 aromatic rings. The van der Waals surface area contributed by atoms with Crippen LogP contribution in [-0.2, 0) is 16.1 Å². The van der Waals surface area contributed by atoms with Crippen molar-refractivity contribution in [1.82, 2.24) is 10.6 Å². The van der Waals surface area contributed by atoms with Gasteiger partial charge in [0.25, 0.3) is 0 Å². The second-order valence-corrected chi connectivity index (χ2v) is 6.31. The fourth-order valence-corrected chi connectivity index (χ4v) is 3.01. The van der Waals surface area contributed by atoms with E-state index in [1.165, 1.54) is 24.3 Å². The zero-order chi connectivity index (χ0) is 16.8. The van der Waals surface area contributed by atoms with E-state index in [2.05, 4.69) is 10.6 Å². The third-order valence-electron chi connectivity index (χ3n) is 3.37. The first-order valence-corrected chi connectivity index (χ1v) is 8.16. The molecule has 0 spiro atoms. The molecule has 0 aliphatic rings. The van der Waals surface area contributed by atoms with E-state index in [0.29, 0.717) is 12.1 Å². The predicted molar refractivity (Wildman–Crippen MR) is 88.5 cm³/mol. The first-order chi connectivity index (χ1) is 11.0. The first-order valence-electron chi connectivity index (χ1n) is 7.28. The van der Waals surface area contributed by atoms with E-state index in [4.69, 9.17) is 0 Å². The molecule has 0 fully saturated rings. The summed E-state index contributed by atoms with van der Waals surface area (Å²) in [4.78, 5) is 24.4. The lowest BCUT2D eigenvalue weighted by Gasteiger charge is -2.16. The summed E-state index contributed by atoms with van der Waals surface area (Å²) in [6.07, 6.45) is 0.167. The second kappa shape index (κ2) is 7.87. The van der Waals surface area contributed by atoms with Crippen molar-refractivity contribution in [2.45, 2.75) is 32.9 Å². The molecule has 0 bridgehead atoms. The topological polar surface area (TPSA) is 58.2 Å². The molecule has 122 valence electrons. The number of amides is 2. The van der Waals surface area contributed by atoms with Crippen LogP contribution in [0.2, 0.25) is 0 Å². The average molecular weight is 334 g/mol. The Morgan fingerprint density at radius 3 is 2.70 bits per heavy atom. The minimum Gasteiger partial charge on any atom is -0.352 e. The molecule has 2 amide bonds. The van der Waals surface area contributed by atoms with Crippen molar-refractivity contribution >= 4 is 23.2 Å². The van der Waals surface area contributed by atoms with Crippen LogP contribution in [0.4, 0.5) is 4.39 Å². The van der Waals surface area contributed by atoms with E-state index in [-0.39, 0.29) is 30.1 Å². The summed E-state index contributed by atoms with van der Waals surface area (Å²) in [6.45, 7) is 3.45. The number of halogens is 1. The minimum atomic E-state index is -0.331. The van der Waals surface area contributed by atoms with Crippen LogP contribution in [0.5, 0.6) is 0 Å². The van der Waals surface area contributed by atoms with Gasteiger partial charge in [-0.2, -0.15) is 0 Å². The Hall–Kier alpha value is -2.21. The van der Waals surface area contributed by atoms with Gasteiger partial charge in [0, 0.05) is 18.3 Å². The molecule has 2 N–H and O–H groups in total. The molecule has 0 radical (unpaired) electrons. The van der Waals surface area contributed by atoms with Crippen molar-refractivity contribution in [3.05, 3.63) is 57.5 Å². The van der Waals surface area contributed by atoms with Crippen LogP contribution in [0.3, 0.4) is 0 Å². The van der Waals surface area contributed by atoms with E-state index in [1.807, 2.05) is 17.5 Å². The Kier molecular flexibility index (Phi) is 5.87. The molecule has 1 unspecified atom stereocenters. The maximum absolute atomic E-state index is 13.2. The number of hydrogen-bond acceptors (Lipinski definition) is 3. The second-order valence-electron chi connectivity index (χ2n) is 5.33. The number of nitrogens with one attached hydrogen (secondary N) is 2. The number of carbonyl (C=O) groups is 2. The molecule has 0 saturated heterocycles. The van der Waals surface area contributed by atoms with E-state index in [9.17, 15) is 14.0 Å². The fourth-order valence-electron chi connectivity index (χ4n) is 2.23. The highest BCUT2D eigenvalue weighted by molar-refractivity contribution is 7.10. The van der Waals surface area contributed by atoms with Gasteiger partial charge in [0.05, 0.1) is 12.5 Å². The monoisotopic (exact) mass is 334 g/mol. The van der Waals surface area contributed by atoms with Crippen LogP contribution in [0, 0.1) is 12.7 Å². The van der Waals surface area contributed by atoms with Gasteiger partial charge in [0.2, 0.25) is 11.8 Å². The lowest BCUT2D eigenvalue weighted by atomic mass is 10.1. The molecule has 1 heterocycles. The zero-order valence-corrected chi connectivity index (χ0v) is 13.9. The summed E-state index contributed by atoms with van der Waals surface area (Å²) >= 11 is 1.50. The van der Waals surface area contributed by atoms with Gasteiger partial charge in [-0.3, -0.25) is 9.59 Å². The predicted octanol–water partition coefficient (Wildman–Crippen LogP) is 3.08. The van der Waals surface area contributed by atoms with Gasteiger partial charge in [-0.1, -0.05) is 18.2 Å². The largest absolute Gasteiger partial charge is 0.352 e. The molecule has 2 rings (SSSR count). The van der Waals surface area contributed by atoms with Crippen LogP contribution < -0.4 is 10.6 Å². The van der Waals surface area contributed by atoms with Crippen LogP contribution >= 0.6 is 11.3 Å². The lowest BCUT2D eigenvalue weighted by Crippen LogP contribution is -2.32. The zero-order valence-electron chi connectivity index (χ0n) is 13.1. The Morgan fingerprint density at radius 1 is 1.30 bits per heavy atom. The molecule has 23 heavy (non-hydrogen) atoms. The molecule has 1 aromatic carbocycles. The minimum absolute atomic E-state index is 0.167. The van der Waals surface area contributed by atoms with Gasteiger partial charge < -0.3 is 10.6 Å². The van der Waals surface area contributed by atoms with Gasteiger partial charge in [-0.15, -0.1) is 11.3 Å². The number of thiophene rings is 1. The molecular weight excluding hydrogens is 315 g/mol. The molecule has 0 aliphatic heterocycles. The SMILES string of the molecule is CC(=O)NC(CC(=O)NCc1ccc(F)c(C)c1)c1cccs1. The van der Waals surface area contributed by atoms with Crippen LogP contribution in [-0.4, -0.2) is 11.8 Å². The van der Waals surface area contributed by atoms with Gasteiger partial charge in [0.1, 0.15) is 5.82 Å². The third-order valence-corrected chi connectivity index (χ3v) is 4.35. The van der Waals surface area contributed by atoms with Crippen molar-refractivity contribution in [2.75, 3.05) is 0 Å². The van der Waals surface area contributed by atoms with Gasteiger partial charge in [0.15, 0.2) is 0 Å². The maximum Gasteiger partial charge on any atom is 0.222 e. The molecule has 1 atom stereocenters. The summed E-state index contributed by atoms with van der Waals surface area (Å²) in [5, 5.41) is 7.50. The van der Waals surface area contributed by atoms with E-state index in [1.54, 1.807) is 19.1 Å². The highest BCUT2D eigenvalue weighted by Crippen LogP contribution is 2.22.